The zero-order valence-corrected chi connectivity index (χ0v) is 11.8. The number of hydrogen-bond acceptors (Lipinski definition) is 6. The van der Waals surface area contributed by atoms with Crippen molar-refractivity contribution >= 4 is 0 Å². The third-order valence-electron chi connectivity index (χ3n) is 2.86. The molecule has 2 aromatic carbocycles. The molecule has 0 bridgehead atoms. The lowest BCUT2D eigenvalue weighted by Crippen LogP contribution is -2.48. The molecule has 0 N–H and O–H groups in total. The highest BCUT2D eigenvalue weighted by atomic mass is 16.7. The Morgan fingerprint density at radius 2 is 1.04 bits per heavy atom. The van der Waals surface area contributed by atoms with Crippen LogP contribution in [0, 0.1) is 30.3 Å². The molecule has 0 radical (unpaired) electrons. The average Bonchev–Trinajstić information content (AvgIpc) is 2.55. The van der Waals surface area contributed by atoms with E-state index in [-0.39, 0.29) is 5.56 Å². The topological polar surface area (TPSA) is 129 Å². The summed E-state index contributed by atoms with van der Waals surface area (Å²) in [5.41, 5.74) is -3.27. The van der Waals surface area contributed by atoms with E-state index in [1.54, 1.807) is 0 Å². The third kappa shape index (κ3) is 4.56. The van der Waals surface area contributed by atoms with Crippen LogP contribution in [0.3, 0.4) is 0 Å². The monoisotopic (exact) mass is 319 g/mol. The average molecular weight is 319 g/mol. The smallest absolute Gasteiger partial charge is 0.264 e. The van der Waals surface area contributed by atoms with Gasteiger partial charge in [0.1, 0.15) is 15.4 Å². The molecule has 0 heterocycles. The van der Waals surface area contributed by atoms with Gasteiger partial charge in [0.2, 0.25) is 0 Å². The summed E-state index contributed by atoms with van der Waals surface area (Å²) in [5.74, 6) is 0. The van der Waals surface area contributed by atoms with E-state index in [9.17, 15) is 30.3 Å². The molecule has 2 rings (SSSR count). The molecule has 0 saturated carbocycles. The van der Waals surface area contributed by atoms with Crippen molar-refractivity contribution < 1.29 is 14.8 Å². The predicted octanol–water partition coefficient (Wildman–Crippen LogP) is 2.36. The molecule has 0 aromatic heterocycles. The Balaban J connectivity index is 0.000000366. The van der Waals surface area contributed by atoms with Crippen molar-refractivity contribution in [3.63, 3.8) is 0 Å². The van der Waals surface area contributed by atoms with Gasteiger partial charge >= 0.3 is 12.2 Å². The van der Waals surface area contributed by atoms with Crippen molar-refractivity contribution in [2.75, 3.05) is 6.54 Å². The maximum atomic E-state index is 10.9. The molecule has 2 aromatic rings. The van der Waals surface area contributed by atoms with Crippen molar-refractivity contribution in [1.29, 1.82) is 0 Å². The van der Waals surface area contributed by atoms with E-state index < -0.39 is 27.0 Å². The van der Waals surface area contributed by atoms with Gasteiger partial charge < -0.3 is 0 Å². The molecule has 0 atom stereocenters. The lowest BCUT2D eigenvalue weighted by molar-refractivity contribution is -0.833. The van der Waals surface area contributed by atoms with E-state index >= 15 is 0 Å². The second-order valence-corrected chi connectivity index (χ2v) is 4.34. The van der Waals surface area contributed by atoms with E-state index in [0.29, 0.717) is 0 Å². The molecular formula is C14H13N3O6. The second-order valence-electron chi connectivity index (χ2n) is 4.34. The number of rotatable bonds is 5. The van der Waals surface area contributed by atoms with Gasteiger partial charge in [0, 0.05) is 4.92 Å². The van der Waals surface area contributed by atoms with Crippen molar-refractivity contribution in [2.45, 2.75) is 5.66 Å². The van der Waals surface area contributed by atoms with Crippen LogP contribution in [0.5, 0.6) is 0 Å². The minimum absolute atomic E-state index is 0.327. The first-order chi connectivity index (χ1) is 10.9. The molecule has 0 unspecified atom stereocenters. The summed E-state index contributed by atoms with van der Waals surface area (Å²) in [5, 5.41) is 32.1. The third-order valence-corrected chi connectivity index (χ3v) is 2.86. The number of hydrogen-bond donors (Lipinski definition) is 0. The fraction of sp³-hybridized carbons (Fsp3) is 0.143. The van der Waals surface area contributed by atoms with Crippen molar-refractivity contribution in [3.8, 4) is 0 Å². The summed E-state index contributed by atoms with van der Waals surface area (Å²) in [6.45, 7) is -1.41. The molecule has 0 amide bonds. The van der Waals surface area contributed by atoms with Crippen LogP contribution in [0.2, 0.25) is 0 Å². The first-order valence-electron chi connectivity index (χ1n) is 6.37. The molecule has 0 fully saturated rings. The fourth-order valence-corrected chi connectivity index (χ4v) is 1.75. The van der Waals surface area contributed by atoms with Crippen LogP contribution in [0.1, 0.15) is 5.56 Å². The minimum Gasteiger partial charge on any atom is -0.264 e. The van der Waals surface area contributed by atoms with Crippen LogP contribution in [-0.2, 0) is 5.66 Å². The first-order valence-corrected chi connectivity index (χ1v) is 6.37. The highest BCUT2D eigenvalue weighted by molar-refractivity contribution is 5.19. The van der Waals surface area contributed by atoms with Crippen LogP contribution >= 0.6 is 0 Å². The number of benzene rings is 2. The normalized spacial score (nSPS) is 10.1. The van der Waals surface area contributed by atoms with Crippen molar-refractivity contribution in [3.05, 3.63) is 103 Å². The van der Waals surface area contributed by atoms with Crippen LogP contribution in [0.25, 0.3) is 0 Å². The summed E-state index contributed by atoms with van der Waals surface area (Å²) in [6.07, 6.45) is 0. The lowest BCUT2D eigenvalue weighted by atomic mass is 10.0. The summed E-state index contributed by atoms with van der Waals surface area (Å²) >= 11 is 0. The van der Waals surface area contributed by atoms with Crippen molar-refractivity contribution in [1.82, 2.24) is 0 Å². The summed E-state index contributed by atoms with van der Waals surface area (Å²) < 4.78 is 0. The van der Waals surface area contributed by atoms with Gasteiger partial charge in [-0.3, -0.25) is 30.3 Å². The molecular weight excluding hydrogens is 306 g/mol. The maximum absolute atomic E-state index is 10.9. The Labute approximate surface area is 130 Å². The van der Waals surface area contributed by atoms with E-state index in [1.807, 2.05) is 36.4 Å². The van der Waals surface area contributed by atoms with Gasteiger partial charge in [-0.2, -0.15) is 0 Å². The van der Waals surface area contributed by atoms with Gasteiger partial charge in [-0.25, -0.2) is 0 Å². The van der Waals surface area contributed by atoms with Gasteiger partial charge in [-0.05, 0) is 12.1 Å². The van der Waals surface area contributed by atoms with E-state index in [1.165, 1.54) is 18.2 Å². The molecule has 120 valence electrons. The molecule has 0 saturated heterocycles. The predicted molar refractivity (Wildman–Crippen MR) is 80.4 cm³/mol. The number of nitro groups is 3. The quantitative estimate of drug-likeness (QED) is 0.472. The maximum Gasteiger partial charge on any atom is 0.546 e. The van der Waals surface area contributed by atoms with Gasteiger partial charge in [0.05, 0.1) is 0 Å². The number of nitrogens with zero attached hydrogens (tertiary/aromatic N) is 3. The molecule has 0 aliphatic carbocycles. The molecule has 0 spiro atoms. The largest absolute Gasteiger partial charge is 0.546 e. The molecule has 23 heavy (non-hydrogen) atoms. The molecule has 9 nitrogen and oxygen atoms in total. The Morgan fingerprint density at radius 3 is 1.35 bits per heavy atom. The highest BCUT2D eigenvalue weighted by Crippen LogP contribution is 2.25. The second kappa shape index (κ2) is 8.17. The Hall–Kier alpha value is -3.36. The Kier molecular flexibility index (Phi) is 6.29. The summed E-state index contributed by atoms with van der Waals surface area (Å²) in [7, 11) is 0. The summed E-state index contributed by atoms with van der Waals surface area (Å²) in [4.78, 5) is 28.5. The van der Waals surface area contributed by atoms with Gasteiger partial charge in [0.25, 0.3) is 0 Å². The van der Waals surface area contributed by atoms with Gasteiger partial charge in [-0.15, -0.1) is 0 Å². The fourth-order valence-electron chi connectivity index (χ4n) is 1.75. The van der Waals surface area contributed by atoms with E-state index in [2.05, 4.69) is 0 Å². The zero-order valence-electron chi connectivity index (χ0n) is 11.8. The molecule has 9 heteroatoms. The van der Waals surface area contributed by atoms with Crippen LogP contribution in [0.15, 0.2) is 66.7 Å². The SMILES string of the molecule is O=[N+]([O-])CC(c1ccccc1)([N+](=O)[O-])[N+](=O)[O-].c1ccccc1. The lowest BCUT2D eigenvalue weighted by Gasteiger charge is -2.13. The van der Waals surface area contributed by atoms with Crippen molar-refractivity contribution in [2.24, 2.45) is 0 Å². The standard InChI is InChI=1S/C8H7N3O6.C6H6/c12-9(13)6-8(10(14)15,11(16)17)7-4-2-1-3-5-7;1-2-4-6-5-3-1/h1-5H,6H2;1-6H. The Bertz CT molecular complexity index is 622. The highest BCUT2D eigenvalue weighted by Gasteiger charge is 2.63. The molecule has 0 aliphatic rings. The van der Waals surface area contributed by atoms with E-state index in [0.717, 1.165) is 12.1 Å². The summed E-state index contributed by atoms with van der Waals surface area (Å²) in [6, 6.07) is 18.4. The van der Waals surface area contributed by atoms with Crippen LogP contribution in [-0.4, -0.2) is 21.3 Å². The van der Waals surface area contributed by atoms with Crippen LogP contribution < -0.4 is 0 Å². The Morgan fingerprint density at radius 1 is 0.696 bits per heavy atom. The minimum atomic E-state index is -2.94. The van der Waals surface area contributed by atoms with E-state index in [4.69, 9.17) is 0 Å². The zero-order chi connectivity index (χ0) is 17.3. The first kappa shape index (κ1) is 17.7. The van der Waals surface area contributed by atoms with Crippen LogP contribution in [0.4, 0.5) is 0 Å². The van der Waals surface area contributed by atoms with Gasteiger partial charge in [0.15, 0.2) is 0 Å². The van der Waals surface area contributed by atoms with Gasteiger partial charge in [-0.1, -0.05) is 54.6 Å². The molecule has 0 aliphatic heterocycles.